The Balaban J connectivity index is 0.00000289. The second-order valence-corrected chi connectivity index (χ2v) is 8.86. The van der Waals surface area contributed by atoms with Crippen LogP contribution in [0.25, 0.3) is 11.1 Å². The average molecular weight is 463 g/mol. The van der Waals surface area contributed by atoms with Gasteiger partial charge in [0.2, 0.25) is 18.6 Å². The first-order valence-corrected chi connectivity index (χ1v) is 11.2. The average Bonchev–Trinajstić information content (AvgIpc) is 3.50. The molecule has 3 aromatic carbocycles. The van der Waals surface area contributed by atoms with Crippen LogP contribution in [-0.2, 0) is 21.5 Å². The van der Waals surface area contributed by atoms with Crippen LogP contribution in [-0.4, -0.2) is 18.6 Å². The molecule has 1 saturated carbocycles. The molecule has 0 aromatic heterocycles. The van der Waals surface area contributed by atoms with Crippen LogP contribution in [0.3, 0.4) is 0 Å². The number of fused-ring (bicyclic) bond motifs is 1. The summed E-state index contributed by atoms with van der Waals surface area (Å²) < 4.78 is 25.7. The number of rotatable bonds is 6. The van der Waals surface area contributed by atoms with Gasteiger partial charge in [0.25, 0.3) is 0 Å². The normalized spacial score (nSPS) is 15.0. The number of hydrogen-bond donors (Lipinski definition) is 2. The lowest BCUT2D eigenvalue weighted by atomic mass is 9.94. The van der Waals surface area contributed by atoms with E-state index in [4.69, 9.17) is 9.47 Å². The Hall–Kier alpha value is -3.87. The first-order valence-electron chi connectivity index (χ1n) is 11.2. The summed E-state index contributed by atoms with van der Waals surface area (Å²) in [6, 6.07) is 16.3. The van der Waals surface area contributed by atoms with Gasteiger partial charge in [0.1, 0.15) is 5.82 Å². The van der Waals surface area contributed by atoms with E-state index in [-0.39, 0.29) is 25.7 Å². The van der Waals surface area contributed by atoms with Gasteiger partial charge in [0.05, 0.1) is 11.1 Å². The predicted molar refractivity (Wildman–Crippen MR) is 128 cm³/mol. The van der Waals surface area contributed by atoms with Crippen molar-refractivity contribution in [3.8, 4) is 22.6 Å². The predicted octanol–water partition coefficient (Wildman–Crippen LogP) is 5.08. The molecule has 34 heavy (non-hydrogen) atoms. The first-order chi connectivity index (χ1) is 16.4. The highest BCUT2D eigenvalue weighted by Crippen LogP contribution is 2.51. The van der Waals surface area contributed by atoms with Crippen LogP contribution >= 0.6 is 0 Å². The van der Waals surface area contributed by atoms with E-state index in [1.165, 1.54) is 13.0 Å². The van der Waals surface area contributed by atoms with Gasteiger partial charge in [-0.05, 0) is 71.8 Å². The maximum atomic E-state index is 14.8. The van der Waals surface area contributed by atoms with Crippen molar-refractivity contribution in [3.05, 3.63) is 77.1 Å². The molecular weight excluding hydrogens is 435 g/mol. The van der Waals surface area contributed by atoms with E-state index in [0.717, 1.165) is 27.8 Å². The number of aryl methyl sites for hydroxylation is 1. The van der Waals surface area contributed by atoms with Crippen LogP contribution < -0.4 is 20.1 Å². The lowest BCUT2D eigenvalue weighted by Gasteiger charge is -2.18. The van der Waals surface area contributed by atoms with Gasteiger partial charge in [0.15, 0.2) is 11.5 Å². The van der Waals surface area contributed by atoms with Crippen molar-refractivity contribution >= 4 is 17.5 Å². The number of halogens is 1. The molecule has 0 unspecified atom stereocenters. The number of carbonyl (C=O) groups is 2. The molecule has 7 heteroatoms. The number of ether oxygens (including phenoxy) is 2. The second kappa shape index (κ2) is 8.48. The van der Waals surface area contributed by atoms with Gasteiger partial charge in [0, 0.05) is 14.9 Å². The highest BCUT2D eigenvalue weighted by Gasteiger charge is 2.51. The zero-order chi connectivity index (χ0) is 23.9. The van der Waals surface area contributed by atoms with Crippen molar-refractivity contribution in [2.24, 2.45) is 0 Å². The molecule has 1 aliphatic heterocycles. The summed E-state index contributed by atoms with van der Waals surface area (Å²) in [5, 5.41) is 5.59. The summed E-state index contributed by atoms with van der Waals surface area (Å²) in [7, 11) is 0. The molecule has 3 aromatic rings. The highest BCUT2D eigenvalue weighted by atomic mass is 19.1. The summed E-state index contributed by atoms with van der Waals surface area (Å²) in [6.45, 7) is 3.93. The van der Waals surface area contributed by atoms with Crippen molar-refractivity contribution in [2.45, 2.75) is 38.6 Å². The van der Waals surface area contributed by atoms with Crippen molar-refractivity contribution < 1.29 is 24.9 Å². The summed E-state index contributed by atoms with van der Waals surface area (Å²) in [5.41, 5.74) is 3.77. The third kappa shape index (κ3) is 4.09. The summed E-state index contributed by atoms with van der Waals surface area (Å²) >= 11 is 0. The van der Waals surface area contributed by atoms with E-state index in [9.17, 15) is 14.0 Å². The Bertz CT molecular complexity index is 1290. The molecule has 1 fully saturated rings. The zero-order valence-corrected chi connectivity index (χ0v) is 19.0. The van der Waals surface area contributed by atoms with E-state index in [0.29, 0.717) is 30.9 Å². The minimum atomic E-state index is -0.691. The van der Waals surface area contributed by atoms with E-state index >= 15 is 0 Å². The molecule has 0 spiro atoms. The van der Waals surface area contributed by atoms with Crippen LogP contribution in [0.5, 0.6) is 11.5 Å². The van der Waals surface area contributed by atoms with Gasteiger partial charge >= 0.3 is 0 Å². The number of carbonyl (C=O) groups excluding carboxylic acids is 2. The fraction of sp³-hybridized carbons (Fsp3) is 0.259. The Labute approximate surface area is 198 Å². The summed E-state index contributed by atoms with van der Waals surface area (Å²) in [5.74, 6) is 0.497. The molecular formula is C27H27FN2O4. The van der Waals surface area contributed by atoms with Gasteiger partial charge in [-0.2, -0.15) is 0 Å². The molecule has 2 aliphatic rings. The Morgan fingerprint density at radius 3 is 2.47 bits per heavy atom. The number of hydrogen-bond acceptors (Lipinski definition) is 4. The fourth-order valence-corrected chi connectivity index (χ4v) is 4.32. The smallest absolute Gasteiger partial charge is 0.235 e. The lowest BCUT2D eigenvalue weighted by Crippen LogP contribution is -2.28. The molecule has 2 N–H and O–H groups in total. The Morgan fingerprint density at radius 1 is 1.03 bits per heavy atom. The molecule has 0 atom stereocenters. The standard InChI is InChI=1S/C27H25FN2O4.H2/c1-16-11-22(28)23(13-21(16)19-5-3-18(4-6-19)14-29-17(2)31)30-26(32)27(9-10-27)20-7-8-24-25(12-20)34-15-33-24;/h3-8,11-13H,9-10,14-15H2,1-2H3,(H,29,31)(H,30,32);1H. The molecule has 1 aliphatic carbocycles. The Morgan fingerprint density at radius 2 is 1.76 bits per heavy atom. The second-order valence-electron chi connectivity index (χ2n) is 8.86. The minimum Gasteiger partial charge on any atom is -0.454 e. The molecule has 176 valence electrons. The van der Waals surface area contributed by atoms with E-state index < -0.39 is 11.2 Å². The van der Waals surface area contributed by atoms with Crippen molar-refractivity contribution in [3.63, 3.8) is 0 Å². The SMILES string of the molecule is CC(=O)NCc1ccc(-c2cc(NC(=O)C3(c4ccc5c(c4)OCO5)CC3)c(F)cc2C)cc1.[HH]. The van der Waals surface area contributed by atoms with Crippen LogP contribution in [0, 0.1) is 12.7 Å². The van der Waals surface area contributed by atoms with Gasteiger partial charge in [-0.3, -0.25) is 9.59 Å². The molecule has 6 nitrogen and oxygen atoms in total. The van der Waals surface area contributed by atoms with Crippen LogP contribution in [0.2, 0.25) is 0 Å². The quantitative estimate of drug-likeness (QED) is 0.536. The third-order valence-corrected chi connectivity index (χ3v) is 6.48. The molecule has 0 radical (unpaired) electrons. The maximum Gasteiger partial charge on any atom is 0.235 e. The van der Waals surface area contributed by atoms with E-state index in [1.54, 1.807) is 6.07 Å². The first kappa shape index (κ1) is 21.9. The van der Waals surface area contributed by atoms with Gasteiger partial charge in [-0.25, -0.2) is 4.39 Å². The third-order valence-electron chi connectivity index (χ3n) is 6.48. The van der Waals surface area contributed by atoms with E-state index in [1.807, 2.05) is 49.4 Å². The minimum absolute atomic E-state index is 0. The zero-order valence-electron chi connectivity index (χ0n) is 19.0. The van der Waals surface area contributed by atoms with Crippen molar-refractivity contribution in [1.29, 1.82) is 0 Å². The van der Waals surface area contributed by atoms with E-state index in [2.05, 4.69) is 10.6 Å². The summed E-state index contributed by atoms with van der Waals surface area (Å²) in [4.78, 5) is 24.4. The van der Waals surface area contributed by atoms with Gasteiger partial charge < -0.3 is 20.1 Å². The van der Waals surface area contributed by atoms with Crippen LogP contribution in [0.4, 0.5) is 10.1 Å². The number of benzene rings is 3. The van der Waals surface area contributed by atoms with Crippen molar-refractivity contribution in [2.75, 3.05) is 12.1 Å². The number of anilines is 1. The molecule has 2 amide bonds. The number of nitrogens with one attached hydrogen (secondary N) is 2. The Kier molecular flexibility index (Phi) is 5.48. The van der Waals surface area contributed by atoms with Gasteiger partial charge in [-0.1, -0.05) is 30.3 Å². The number of amides is 2. The topological polar surface area (TPSA) is 76.7 Å². The molecule has 1 heterocycles. The molecule has 0 bridgehead atoms. The summed E-state index contributed by atoms with van der Waals surface area (Å²) in [6.07, 6.45) is 1.38. The molecule has 0 saturated heterocycles. The monoisotopic (exact) mass is 462 g/mol. The fourth-order valence-electron chi connectivity index (χ4n) is 4.32. The van der Waals surface area contributed by atoms with Crippen molar-refractivity contribution in [1.82, 2.24) is 5.32 Å². The van der Waals surface area contributed by atoms with Crippen LogP contribution in [0.1, 0.15) is 37.9 Å². The molecule has 5 rings (SSSR count). The lowest BCUT2D eigenvalue weighted by molar-refractivity contribution is -0.119. The highest BCUT2D eigenvalue weighted by molar-refractivity contribution is 6.02. The van der Waals surface area contributed by atoms with Gasteiger partial charge in [-0.15, -0.1) is 0 Å². The van der Waals surface area contributed by atoms with Crippen LogP contribution in [0.15, 0.2) is 54.6 Å². The maximum absolute atomic E-state index is 14.8. The largest absolute Gasteiger partial charge is 0.454 e.